The van der Waals surface area contributed by atoms with E-state index in [1.807, 2.05) is 20.8 Å². The lowest BCUT2D eigenvalue weighted by Gasteiger charge is -2.29. The number of ether oxygens (including phenoxy) is 1. The van der Waals surface area contributed by atoms with Gasteiger partial charge in [0.15, 0.2) is 0 Å². The lowest BCUT2D eigenvalue weighted by Crippen LogP contribution is -2.46. The normalized spacial score (nSPS) is 12.8. The molecule has 0 unspecified atom stereocenters. The third-order valence-corrected chi connectivity index (χ3v) is 6.43. The summed E-state index contributed by atoms with van der Waals surface area (Å²) in [5, 5.41) is 27.7. The van der Waals surface area contributed by atoms with Crippen molar-refractivity contribution in [3.8, 4) is 0 Å². The second-order valence-corrected chi connectivity index (χ2v) is 7.84. The summed E-state index contributed by atoms with van der Waals surface area (Å²) in [4.78, 5) is 0. The fourth-order valence-electron chi connectivity index (χ4n) is 1.97. The molecule has 0 amide bonds. The van der Waals surface area contributed by atoms with E-state index in [1.54, 1.807) is 0 Å². The highest BCUT2D eigenvalue weighted by molar-refractivity contribution is 6.60. The standard InChI is InChI=1S/C14H32O7Si/c1-4-19-22(20-5-2,21-6-3)9-7-8-18-13-14(10-15,11-16)12-17/h15-17H,4-13H2,1-3H3. The van der Waals surface area contributed by atoms with Crippen molar-refractivity contribution in [2.45, 2.75) is 33.2 Å². The first kappa shape index (κ1) is 21.9. The Bertz CT molecular complexity index is 236. The fourth-order valence-corrected chi connectivity index (χ4v) is 4.55. The smallest absolute Gasteiger partial charge is 0.396 e. The lowest BCUT2D eigenvalue weighted by atomic mass is 9.93. The van der Waals surface area contributed by atoms with Crippen molar-refractivity contribution in [3.05, 3.63) is 0 Å². The number of aliphatic hydroxyl groups is 3. The van der Waals surface area contributed by atoms with Gasteiger partial charge in [0.25, 0.3) is 0 Å². The second-order valence-electron chi connectivity index (χ2n) is 5.11. The van der Waals surface area contributed by atoms with Crippen LogP contribution in [-0.2, 0) is 18.0 Å². The molecule has 0 bridgehead atoms. The third kappa shape index (κ3) is 7.47. The topological polar surface area (TPSA) is 97.6 Å². The van der Waals surface area contributed by atoms with Gasteiger partial charge in [0.05, 0.1) is 31.8 Å². The summed E-state index contributed by atoms with van der Waals surface area (Å²) in [5.74, 6) is 0. The largest absolute Gasteiger partial charge is 0.501 e. The minimum atomic E-state index is -2.64. The highest BCUT2D eigenvalue weighted by Crippen LogP contribution is 2.19. The first-order valence-electron chi connectivity index (χ1n) is 7.89. The summed E-state index contributed by atoms with van der Waals surface area (Å²) in [6, 6.07) is 0.646. The van der Waals surface area contributed by atoms with Gasteiger partial charge >= 0.3 is 8.80 Å². The third-order valence-electron chi connectivity index (χ3n) is 3.28. The van der Waals surface area contributed by atoms with E-state index in [-0.39, 0.29) is 26.4 Å². The fraction of sp³-hybridized carbons (Fsp3) is 1.00. The van der Waals surface area contributed by atoms with E-state index in [4.69, 9.17) is 18.0 Å². The predicted octanol–water partition coefficient (Wildman–Crippen LogP) is 0.405. The highest BCUT2D eigenvalue weighted by atomic mass is 28.4. The molecule has 0 aromatic heterocycles. The number of hydrogen-bond donors (Lipinski definition) is 3. The molecule has 0 spiro atoms. The Morgan fingerprint density at radius 1 is 0.818 bits per heavy atom. The molecule has 0 aromatic rings. The summed E-state index contributed by atoms with van der Waals surface area (Å²) in [7, 11) is -2.64. The van der Waals surface area contributed by atoms with Gasteiger partial charge < -0.3 is 33.3 Å². The van der Waals surface area contributed by atoms with Gasteiger partial charge in [-0.25, -0.2) is 0 Å². The Morgan fingerprint density at radius 2 is 1.27 bits per heavy atom. The van der Waals surface area contributed by atoms with Crippen molar-refractivity contribution < 1.29 is 33.3 Å². The minimum Gasteiger partial charge on any atom is -0.396 e. The Morgan fingerprint density at radius 3 is 1.64 bits per heavy atom. The molecule has 3 N–H and O–H groups in total. The van der Waals surface area contributed by atoms with Gasteiger partial charge in [-0.15, -0.1) is 0 Å². The molecule has 22 heavy (non-hydrogen) atoms. The summed E-state index contributed by atoms with van der Waals surface area (Å²) in [6.45, 7) is 6.89. The predicted molar refractivity (Wildman–Crippen MR) is 84.6 cm³/mol. The highest BCUT2D eigenvalue weighted by Gasteiger charge is 2.39. The van der Waals surface area contributed by atoms with Crippen LogP contribution in [0.5, 0.6) is 0 Å². The van der Waals surface area contributed by atoms with E-state index in [1.165, 1.54) is 0 Å². The molecule has 0 rings (SSSR count). The molecule has 0 aromatic carbocycles. The summed E-state index contributed by atoms with van der Waals surface area (Å²) in [6.07, 6.45) is 0.685. The van der Waals surface area contributed by atoms with Crippen molar-refractivity contribution in [2.75, 3.05) is 52.9 Å². The van der Waals surface area contributed by atoms with Crippen LogP contribution >= 0.6 is 0 Å². The lowest BCUT2D eigenvalue weighted by molar-refractivity contribution is -0.0581. The number of aliphatic hydroxyl groups excluding tert-OH is 3. The average Bonchev–Trinajstić information content (AvgIpc) is 2.52. The van der Waals surface area contributed by atoms with E-state index >= 15 is 0 Å². The first-order chi connectivity index (χ1) is 10.6. The van der Waals surface area contributed by atoms with Crippen LogP contribution in [0.1, 0.15) is 27.2 Å². The van der Waals surface area contributed by atoms with Crippen LogP contribution in [-0.4, -0.2) is 77.0 Å². The SMILES string of the molecule is CCO[Si](CCCOCC(CO)(CO)CO)(OCC)OCC. The Labute approximate surface area is 134 Å². The summed E-state index contributed by atoms with van der Waals surface area (Å²) in [5.41, 5.74) is -0.992. The van der Waals surface area contributed by atoms with Crippen molar-refractivity contribution in [3.63, 3.8) is 0 Å². The van der Waals surface area contributed by atoms with Crippen LogP contribution in [0.15, 0.2) is 0 Å². The van der Waals surface area contributed by atoms with E-state index in [2.05, 4.69) is 0 Å². The molecular formula is C14H32O7Si. The van der Waals surface area contributed by atoms with Crippen molar-refractivity contribution >= 4 is 8.80 Å². The summed E-state index contributed by atoms with van der Waals surface area (Å²) >= 11 is 0. The number of hydrogen-bond acceptors (Lipinski definition) is 7. The minimum absolute atomic E-state index is 0.100. The van der Waals surface area contributed by atoms with E-state index in [9.17, 15) is 15.3 Å². The van der Waals surface area contributed by atoms with E-state index in [0.717, 1.165) is 0 Å². The van der Waals surface area contributed by atoms with Gasteiger partial charge in [0, 0.05) is 32.5 Å². The zero-order chi connectivity index (χ0) is 16.9. The molecule has 8 heteroatoms. The van der Waals surface area contributed by atoms with Crippen LogP contribution in [0.4, 0.5) is 0 Å². The molecule has 0 radical (unpaired) electrons. The molecule has 0 fully saturated rings. The van der Waals surface area contributed by atoms with Crippen LogP contribution in [0.2, 0.25) is 6.04 Å². The van der Waals surface area contributed by atoms with Crippen molar-refractivity contribution in [1.82, 2.24) is 0 Å². The van der Waals surface area contributed by atoms with Gasteiger partial charge in [0.2, 0.25) is 0 Å². The quantitative estimate of drug-likeness (QED) is 0.293. The molecule has 0 aliphatic carbocycles. The Hall–Kier alpha value is -0.0631. The maximum atomic E-state index is 9.22. The van der Waals surface area contributed by atoms with Crippen LogP contribution in [0.3, 0.4) is 0 Å². The zero-order valence-corrected chi connectivity index (χ0v) is 15.0. The second kappa shape index (κ2) is 12.4. The molecule has 0 aliphatic rings. The van der Waals surface area contributed by atoms with Crippen molar-refractivity contribution in [2.24, 2.45) is 5.41 Å². The van der Waals surface area contributed by atoms with Gasteiger partial charge in [-0.1, -0.05) is 0 Å². The van der Waals surface area contributed by atoms with Crippen molar-refractivity contribution in [1.29, 1.82) is 0 Å². The molecule has 0 saturated heterocycles. The van der Waals surface area contributed by atoms with Gasteiger partial charge in [-0.2, -0.15) is 0 Å². The number of rotatable bonds is 15. The maximum Gasteiger partial charge on any atom is 0.501 e. The van der Waals surface area contributed by atoms with E-state index in [0.29, 0.717) is 38.9 Å². The monoisotopic (exact) mass is 340 g/mol. The molecule has 0 heterocycles. The molecule has 134 valence electrons. The van der Waals surface area contributed by atoms with Crippen LogP contribution < -0.4 is 0 Å². The molecule has 0 atom stereocenters. The van der Waals surface area contributed by atoms with Gasteiger partial charge in [-0.05, 0) is 27.2 Å². The molecule has 0 saturated carbocycles. The first-order valence-corrected chi connectivity index (χ1v) is 9.83. The zero-order valence-electron chi connectivity index (χ0n) is 14.0. The summed E-state index contributed by atoms with van der Waals surface area (Å²) < 4.78 is 22.7. The van der Waals surface area contributed by atoms with Gasteiger partial charge in [-0.3, -0.25) is 0 Å². The van der Waals surface area contributed by atoms with Crippen LogP contribution in [0.25, 0.3) is 0 Å². The maximum absolute atomic E-state index is 9.22. The molecule has 0 aliphatic heterocycles. The molecule has 7 nitrogen and oxygen atoms in total. The van der Waals surface area contributed by atoms with Gasteiger partial charge in [0.1, 0.15) is 0 Å². The van der Waals surface area contributed by atoms with Crippen LogP contribution in [0, 0.1) is 5.41 Å². The molecular weight excluding hydrogens is 308 g/mol. The van der Waals surface area contributed by atoms with E-state index < -0.39 is 14.2 Å². The Balaban J connectivity index is 4.27. The average molecular weight is 340 g/mol. The Kier molecular flexibility index (Phi) is 12.3.